The van der Waals surface area contributed by atoms with Crippen molar-refractivity contribution in [3.05, 3.63) is 11.8 Å². The lowest BCUT2D eigenvalue weighted by molar-refractivity contribution is -0.182. The Bertz CT molecular complexity index is 387. The maximum absolute atomic E-state index is 11.4. The highest BCUT2D eigenvalue weighted by molar-refractivity contribution is 5.84. The summed E-state index contributed by atoms with van der Waals surface area (Å²) in [5.74, 6) is -0.208. The Labute approximate surface area is 132 Å². The second-order valence-corrected chi connectivity index (χ2v) is 6.28. The van der Waals surface area contributed by atoms with Crippen LogP contribution in [0.15, 0.2) is 11.8 Å². The van der Waals surface area contributed by atoms with Crippen LogP contribution in [0.4, 0.5) is 0 Å². The van der Waals surface area contributed by atoms with E-state index in [0.717, 1.165) is 19.3 Å². The van der Waals surface area contributed by atoms with Gasteiger partial charge in [0.2, 0.25) is 12.0 Å². The van der Waals surface area contributed by atoms with Crippen molar-refractivity contribution < 1.29 is 24.5 Å². The van der Waals surface area contributed by atoms with Crippen molar-refractivity contribution in [2.24, 2.45) is 17.8 Å². The normalized spacial score (nSPS) is 29.7. The molecule has 5 nitrogen and oxygen atoms in total. The minimum atomic E-state index is -1.02. The van der Waals surface area contributed by atoms with E-state index >= 15 is 0 Å². The molecule has 0 radical (unpaired) electrons. The van der Waals surface area contributed by atoms with Crippen molar-refractivity contribution in [1.82, 2.24) is 0 Å². The molecule has 2 rings (SSSR count). The first-order valence-electron chi connectivity index (χ1n) is 8.51. The number of hydrogen-bond acceptors (Lipinski definition) is 4. The Kier molecular flexibility index (Phi) is 6.70. The molecule has 1 saturated carbocycles. The van der Waals surface area contributed by atoms with Crippen LogP contribution in [-0.4, -0.2) is 35.7 Å². The largest absolute Gasteiger partial charge is 0.475 e. The third-order valence-corrected chi connectivity index (χ3v) is 4.86. The van der Waals surface area contributed by atoms with Gasteiger partial charge >= 0.3 is 5.97 Å². The van der Waals surface area contributed by atoms with Crippen molar-refractivity contribution in [2.75, 3.05) is 13.2 Å². The Morgan fingerprint density at radius 2 is 2.09 bits per heavy atom. The van der Waals surface area contributed by atoms with Gasteiger partial charge in [-0.3, -0.25) is 0 Å². The van der Waals surface area contributed by atoms with Crippen LogP contribution in [0.25, 0.3) is 0 Å². The molecule has 0 aromatic carbocycles. The summed E-state index contributed by atoms with van der Waals surface area (Å²) in [5, 5.41) is 18.5. The fourth-order valence-corrected chi connectivity index (χ4v) is 3.84. The zero-order chi connectivity index (χ0) is 15.9. The van der Waals surface area contributed by atoms with E-state index in [2.05, 4.69) is 0 Å². The van der Waals surface area contributed by atoms with Crippen LogP contribution in [0, 0.1) is 17.8 Å². The molecule has 1 aliphatic heterocycles. The van der Waals surface area contributed by atoms with E-state index in [-0.39, 0.29) is 24.2 Å². The van der Waals surface area contributed by atoms with E-state index in [1.54, 1.807) is 6.08 Å². The minimum Gasteiger partial charge on any atom is -0.475 e. The van der Waals surface area contributed by atoms with E-state index < -0.39 is 12.3 Å². The predicted molar refractivity (Wildman–Crippen MR) is 82.1 cm³/mol. The van der Waals surface area contributed by atoms with Gasteiger partial charge in [0, 0.05) is 19.1 Å². The average molecular weight is 312 g/mol. The van der Waals surface area contributed by atoms with Crippen molar-refractivity contribution in [1.29, 1.82) is 0 Å². The number of carbonyl (C=O) groups is 1. The highest BCUT2D eigenvalue weighted by Gasteiger charge is 2.40. The van der Waals surface area contributed by atoms with Crippen LogP contribution < -0.4 is 0 Å². The Hall–Kier alpha value is -1.07. The number of carboxylic acid groups (broad SMARTS) is 1. The molecular weight excluding hydrogens is 284 g/mol. The molecule has 1 aliphatic carbocycles. The van der Waals surface area contributed by atoms with Gasteiger partial charge in [-0.25, -0.2) is 4.79 Å². The van der Waals surface area contributed by atoms with Gasteiger partial charge < -0.3 is 19.7 Å². The third-order valence-electron chi connectivity index (χ3n) is 4.86. The van der Waals surface area contributed by atoms with Gasteiger partial charge in [-0.05, 0) is 50.5 Å². The summed E-state index contributed by atoms with van der Waals surface area (Å²) in [6, 6.07) is 0. The Morgan fingerprint density at radius 1 is 1.36 bits per heavy atom. The van der Waals surface area contributed by atoms with E-state index in [0.29, 0.717) is 18.9 Å². The first-order valence-corrected chi connectivity index (χ1v) is 8.51. The van der Waals surface area contributed by atoms with Gasteiger partial charge in [0.05, 0.1) is 0 Å². The Morgan fingerprint density at radius 3 is 2.68 bits per heavy atom. The maximum Gasteiger partial charge on any atom is 0.370 e. The molecule has 0 spiro atoms. The molecule has 0 saturated heterocycles. The molecule has 3 atom stereocenters. The number of carboxylic acids is 1. The third kappa shape index (κ3) is 4.23. The smallest absolute Gasteiger partial charge is 0.370 e. The molecule has 2 aliphatic rings. The van der Waals surface area contributed by atoms with Crippen molar-refractivity contribution in [3.8, 4) is 0 Å². The van der Waals surface area contributed by atoms with Gasteiger partial charge in [0.15, 0.2) is 0 Å². The van der Waals surface area contributed by atoms with E-state index in [1.807, 2.05) is 6.92 Å². The van der Waals surface area contributed by atoms with E-state index in [4.69, 9.17) is 14.6 Å². The minimum absolute atomic E-state index is 0.0225. The number of rotatable bonds is 7. The molecule has 0 bridgehead atoms. The SMILES string of the molecule is CCO[C@H]1OC(C(=O)O)=C[C@@H](C2CCCCC2)[C@H]1CCCO. The lowest BCUT2D eigenvalue weighted by Crippen LogP contribution is -2.40. The molecule has 0 unspecified atom stereocenters. The number of ether oxygens (including phenoxy) is 2. The van der Waals surface area contributed by atoms with Gasteiger partial charge in [0.25, 0.3) is 0 Å². The number of hydrogen-bond donors (Lipinski definition) is 2. The molecule has 5 heteroatoms. The lowest BCUT2D eigenvalue weighted by Gasteiger charge is -2.41. The van der Waals surface area contributed by atoms with Crippen molar-refractivity contribution in [2.45, 2.75) is 58.2 Å². The number of allylic oxidation sites excluding steroid dienone is 1. The second-order valence-electron chi connectivity index (χ2n) is 6.28. The number of aliphatic hydroxyl groups excluding tert-OH is 1. The first kappa shape index (κ1) is 17.3. The molecule has 0 aromatic heterocycles. The molecule has 0 amide bonds. The summed E-state index contributed by atoms with van der Waals surface area (Å²) in [6.07, 6.45) is 8.75. The molecule has 126 valence electrons. The fraction of sp³-hybridized carbons (Fsp3) is 0.824. The molecular formula is C17H28O5. The molecule has 0 aromatic rings. The van der Waals surface area contributed by atoms with Crippen molar-refractivity contribution >= 4 is 5.97 Å². The fourth-order valence-electron chi connectivity index (χ4n) is 3.84. The topological polar surface area (TPSA) is 76.0 Å². The molecule has 22 heavy (non-hydrogen) atoms. The summed E-state index contributed by atoms with van der Waals surface area (Å²) in [6.45, 7) is 2.52. The lowest BCUT2D eigenvalue weighted by atomic mass is 9.71. The molecule has 2 N–H and O–H groups in total. The van der Waals surface area contributed by atoms with Crippen LogP contribution in [0.2, 0.25) is 0 Å². The van der Waals surface area contributed by atoms with Crippen LogP contribution >= 0.6 is 0 Å². The summed E-state index contributed by atoms with van der Waals surface area (Å²) in [4.78, 5) is 11.4. The molecule has 1 heterocycles. The van der Waals surface area contributed by atoms with Gasteiger partial charge in [-0.2, -0.15) is 0 Å². The average Bonchev–Trinajstić information content (AvgIpc) is 2.54. The predicted octanol–water partition coefficient (Wildman–Crippen LogP) is 2.93. The van der Waals surface area contributed by atoms with Crippen LogP contribution in [-0.2, 0) is 14.3 Å². The monoisotopic (exact) mass is 312 g/mol. The zero-order valence-corrected chi connectivity index (χ0v) is 13.4. The van der Waals surface area contributed by atoms with Crippen LogP contribution in [0.1, 0.15) is 51.9 Å². The summed E-state index contributed by atoms with van der Waals surface area (Å²) in [5.41, 5.74) is 0. The maximum atomic E-state index is 11.4. The van der Waals surface area contributed by atoms with Gasteiger partial charge in [0.1, 0.15) is 0 Å². The quantitative estimate of drug-likeness (QED) is 0.756. The summed E-state index contributed by atoms with van der Waals surface area (Å²) >= 11 is 0. The highest BCUT2D eigenvalue weighted by atomic mass is 16.7. The van der Waals surface area contributed by atoms with Crippen LogP contribution in [0.5, 0.6) is 0 Å². The number of aliphatic hydroxyl groups is 1. The zero-order valence-electron chi connectivity index (χ0n) is 13.4. The highest BCUT2D eigenvalue weighted by Crippen LogP contribution is 2.42. The first-order chi connectivity index (χ1) is 10.7. The summed E-state index contributed by atoms with van der Waals surface area (Å²) < 4.78 is 11.3. The Balaban J connectivity index is 2.22. The van der Waals surface area contributed by atoms with Gasteiger partial charge in [-0.1, -0.05) is 19.3 Å². The van der Waals surface area contributed by atoms with E-state index in [9.17, 15) is 9.90 Å². The van der Waals surface area contributed by atoms with Gasteiger partial charge in [-0.15, -0.1) is 0 Å². The van der Waals surface area contributed by atoms with Crippen LogP contribution in [0.3, 0.4) is 0 Å². The van der Waals surface area contributed by atoms with Crippen molar-refractivity contribution in [3.63, 3.8) is 0 Å². The second kappa shape index (κ2) is 8.53. The summed E-state index contributed by atoms with van der Waals surface area (Å²) in [7, 11) is 0. The van der Waals surface area contributed by atoms with E-state index in [1.165, 1.54) is 19.3 Å². The standard InChI is InChI=1S/C17H28O5/c1-2-21-17-13(9-6-10-18)14(11-15(22-17)16(19)20)12-7-4-3-5-8-12/h11-14,17-18H,2-10H2,1H3,(H,19,20)/t13-,14+,17+/m1/s1. The number of aliphatic carboxylic acids is 1. The molecule has 1 fully saturated rings.